The normalized spacial score (nSPS) is 22.1. The molecule has 7 nitrogen and oxygen atoms in total. The van der Waals surface area contributed by atoms with Gasteiger partial charge in [0.05, 0.1) is 37.5 Å². The number of Topliss-reactive ketones (excluding diaryl/α,β-unsaturated/α-hetero) is 1. The zero-order chi connectivity index (χ0) is 23.5. The van der Waals surface area contributed by atoms with Crippen molar-refractivity contribution in [2.45, 2.75) is 38.3 Å². The Bertz CT molecular complexity index is 1070. The lowest BCUT2D eigenvalue weighted by atomic mass is 9.94. The Morgan fingerprint density at radius 3 is 2.48 bits per heavy atom. The van der Waals surface area contributed by atoms with Gasteiger partial charge < -0.3 is 24.2 Å². The number of ketones is 1. The van der Waals surface area contributed by atoms with E-state index in [4.69, 9.17) is 14.2 Å². The van der Waals surface area contributed by atoms with E-state index in [1.54, 1.807) is 18.2 Å². The molecule has 7 heteroatoms. The Kier molecular flexibility index (Phi) is 6.70. The standard InChI is InChI=1S/C26H29NO6/c1-4-16-7-9-17(10-8-16)23-22(24(28)20-14-18(31-2)11-12-21(20)32-3)25(29)26(30)27(23)15-19-6-5-13-33-19/h7-12,14,19,23,28H,4-6,13,15H2,1-3H3/b24-22+. The van der Waals surface area contributed by atoms with E-state index in [0.717, 1.165) is 30.4 Å². The third-order valence-electron chi connectivity index (χ3n) is 6.33. The Morgan fingerprint density at radius 1 is 1.12 bits per heavy atom. The number of benzene rings is 2. The van der Waals surface area contributed by atoms with Crippen LogP contribution in [0.1, 0.15) is 42.5 Å². The van der Waals surface area contributed by atoms with Crippen molar-refractivity contribution in [2.75, 3.05) is 27.4 Å². The van der Waals surface area contributed by atoms with Gasteiger partial charge in [-0.15, -0.1) is 0 Å². The minimum atomic E-state index is -0.726. The monoisotopic (exact) mass is 451 g/mol. The molecule has 0 radical (unpaired) electrons. The molecule has 0 spiro atoms. The lowest BCUT2D eigenvalue weighted by Crippen LogP contribution is -2.36. The molecule has 174 valence electrons. The van der Waals surface area contributed by atoms with E-state index in [0.29, 0.717) is 23.7 Å². The summed E-state index contributed by atoms with van der Waals surface area (Å²) in [7, 11) is 3.00. The van der Waals surface area contributed by atoms with Crippen LogP contribution in [-0.4, -0.2) is 55.2 Å². The SMILES string of the molecule is CCc1ccc(C2/C(=C(\O)c3cc(OC)ccc3OC)C(=O)C(=O)N2CC2CCCO2)cc1. The van der Waals surface area contributed by atoms with Gasteiger partial charge >= 0.3 is 0 Å². The van der Waals surface area contributed by atoms with Gasteiger partial charge in [0.25, 0.3) is 11.7 Å². The highest BCUT2D eigenvalue weighted by Gasteiger charge is 2.47. The van der Waals surface area contributed by atoms with Crippen molar-refractivity contribution < 1.29 is 28.9 Å². The minimum absolute atomic E-state index is 0.0359. The van der Waals surface area contributed by atoms with Crippen LogP contribution >= 0.6 is 0 Å². The van der Waals surface area contributed by atoms with E-state index in [2.05, 4.69) is 6.92 Å². The molecule has 2 fully saturated rings. The second kappa shape index (κ2) is 9.67. The number of carbonyl (C=O) groups is 2. The average molecular weight is 452 g/mol. The minimum Gasteiger partial charge on any atom is -0.507 e. The molecule has 1 N–H and O–H groups in total. The first-order valence-electron chi connectivity index (χ1n) is 11.2. The van der Waals surface area contributed by atoms with Gasteiger partial charge in [-0.1, -0.05) is 31.2 Å². The first-order valence-corrected chi connectivity index (χ1v) is 11.2. The zero-order valence-electron chi connectivity index (χ0n) is 19.2. The number of rotatable bonds is 7. The maximum atomic E-state index is 13.2. The summed E-state index contributed by atoms with van der Waals surface area (Å²) in [4.78, 5) is 27.9. The molecule has 2 aliphatic heterocycles. The zero-order valence-corrected chi connectivity index (χ0v) is 19.2. The fourth-order valence-electron chi connectivity index (χ4n) is 4.50. The maximum Gasteiger partial charge on any atom is 0.295 e. The Morgan fingerprint density at radius 2 is 1.88 bits per heavy atom. The molecule has 2 aromatic rings. The van der Waals surface area contributed by atoms with Gasteiger partial charge in [0.15, 0.2) is 0 Å². The van der Waals surface area contributed by atoms with Crippen LogP contribution in [0.15, 0.2) is 48.0 Å². The van der Waals surface area contributed by atoms with Crippen LogP contribution in [0, 0.1) is 0 Å². The van der Waals surface area contributed by atoms with Crippen molar-refractivity contribution in [3.63, 3.8) is 0 Å². The van der Waals surface area contributed by atoms with Gasteiger partial charge in [-0.25, -0.2) is 0 Å². The number of aliphatic hydroxyl groups excluding tert-OH is 1. The number of aryl methyl sites for hydroxylation is 1. The number of hydrogen-bond donors (Lipinski definition) is 1. The lowest BCUT2D eigenvalue weighted by molar-refractivity contribution is -0.140. The van der Waals surface area contributed by atoms with Gasteiger partial charge in [-0.05, 0) is 48.6 Å². The first kappa shape index (κ1) is 22.9. The summed E-state index contributed by atoms with van der Waals surface area (Å²) >= 11 is 0. The van der Waals surface area contributed by atoms with E-state index in [1.165, 1.54) is 19.1 Å². The molecule has 2 heterocycles. The van der Waals surface area contributed by atoms with E-state index >= 15 is 0 Å². The van der Waals surface area contributed by atoms with Crippen LogP contribution in [0.2, 0.25) is 0 Å². The van der Waals surface area contributed by atoms with Crippen molar-refractivity contribution in [3.05, 3.63) is 64.7 Å². The second-order valence-corrected chi connectivity index (χ2v) is 8.25. The third kappa shape index (κ3) is 4.33. The van der Waals surface area contributed by atoms with Crippen LogP contribution in [0.25, 0.3) is 5.76 Å². The van der Waals surface area contributed by atoms with Crippen molar-refractivity contribution in [1.82, 2.24) is 4.90 Å². The highest BCUT2D eigenvalue weighted by Crippen LogP contribution is 2.42. The molecule has 4 rings (SSSR count). The number of aliphatic hydroxyl groups is 1. The molecule has 1 amide bonds. The maximum absolute atomic E-state index is 13.2. The molecule has 0 aliphatic carbocycles. The van der Waals surface area contributed by atoms with Crippen molar-refractivity contribution in [2.24, 2.45) is 0 Å². The Hall–Kier alpha value is -3.32. The second-order valence-electron chi connectivity index (χ2n) is 8.25. The molecular weight excluding hydrogens is 422 g/mol. The highest BCUT2D eigenvalue weighted by molar-refractivity contribution is 6.46. The molecule has 33 heavy (non-hydrogen) atoms. The molecule has 2 saturated heterocycles. The van der Waals surface area contributed by atoms with Crippen LogP contribution in [-0.2, 0) is 20.7 Å². The van der Waals surface area contributed by atoms with Gasteiger partial charge in [-0.2, -0.15) is 0 Å². The number of ether oxygens (including phenoxy) is 3. The number of amides is 1. The van der Waals surface area contributed by atoms with Crippen LogP contribution in [0.5, 0.6) is 11.5 Å². The van der Waals surface area contributed by atoms with E-state index in [9.17, 15) is 14.7 Å². The summed E-state index contributed by atoms with van der Waals surface area (Å²) in [5.41, 5.74) is 2.23. The number of methoxy groups -OCH3 is 2. The summed E-state index contributed by atoms with van der Waals surface area (Å²) < 4.78 is 16.5. The van der Waals surface area contributed by atoms with Gasteiger partial charge in [0, 0.05) is 13.2 Å². The number of carbonyl (C=O) groups excluding carboxylic acids is 2. The predicted octanol–water partition coefficient (Wildman–Crippen LogP) is 3.87. The van der Waals surface area contributed by atoms with Gasteiger partial charge in [-0.3, -0.25) is 9.59 Å². The summed E-state index contributed by atoms with van der Waals surface area (Å²) in [6.07, 6.45) is 2.49. The molecular formula is C26H29NO6. The average Bonchev–Trinajstić information content (AvgIpc) is 3.45. The van der Waals surface area contributed by atoms with Crippen molar-refractivity contribution in [1.29, 1.82) is 0 Å². The summed E-state index contributed by atoms with van der Waals surface area (Å²) in [6, 6.07) is 12.0. The summed E-state index contributed by atoms with van der Waals surface area (Å²) in [5, 5.41) is 11.4. The van der Waals surface area contributed by atoms with E-state index in [-0.39, 0.29) is 24.0 Å². The lowest BCUT2D eigenvalue weighted by Gasteiger charge is -2.27. The number of nitrogens with zero attached hydrogens (tertiary/aromatic N) is 1. The Balaban J connectivity index is 1.86. The first-order chi connectivity index (χ1) is 16.0. The van der Waals surface area contributed by atoms with Crippen molar-refractivity contribution >= 4 is 17.4 Å². The molecule has 2 aromatic carbocycles. The number of likely N-dealkylation sites (tertiary alicyclic amines) is 1. The Labute approximate surface area is 193 Å². The summed E-state index contributed by atoms with van der Waals surface area (Å²) in [6.45, 7) is 3.00. The fourth-order valence-corrected chi connectivity index (χ4v) is 4.50. The van der Waals surface area contributed by atoms with Crippen LogP contribution in [0.3, 0.4) is 0 Å². The van der Waals surface area contributed by atoms with Crippen molar-refractivity contribution in [3.8, 4) is 11.5 Å². The molecule has 2 aliphatic rings. The highest BCUT2D eigenvalue weighted by atomic mass is 16.5. The van der Waals surface area contributed by atoms with Gasteiger partial charge in [0.1, 0.15) is 17.3 Å². The van der Waals surface area contributed by atoms with E-state index in [1.807, 2.05) is 24.3 Å². The quantitative estimate of drug-likeness (QED) is 0.391. The van der Waals surface area contributed by atoms with Crippen LogP contribution in [0.4, 0.5) is 0 Å². The largest absolute Gasteiger partial charge is 0.507 e. The molecule has 2 atom stereocenters. The number of hydrogen-bond acceptors (Lipinski definition) is 6. The molecule has 0 saturated carbocycles. The smallest absolute Gasteiger partial charge is 0.295 e. The fraction of sp³-hybridized carbons (Fsp3) is 0.385. The van der Waals surface area contributed by atoms with Gasteiger partial charge in [0.2, 0.25) is 0 Å². The molecule has 2 unspecified atom stereocenters. The predicted molar refractivity (Wildman–Crippen MR) is 123 cm³/mol. The topological polar surface area (TPSA) is 85.3 Å². The van der Waals surface area contributed by atoms with E-state index < -0.39 is 17.7 Å². The molecule has 0 aromatic heterocycles. The van der Waals surface area contributed by atoms with Crippen LogP contribution < -0.4 is 9.47 Å². The third-order valence-corrected chi connectivity index (χ3v) is 6.33. The summed E-state index contributed by atoms with van der Waals surface area (Å²) in [5.74, 6) is -0.782. The molecule has 0 bridgehead atoms.